The van der Waals surface area contributed by atoms with Crippen LogP contribution in [0.4, 0.5) is 5.69 Å². The first kappa shape index (κ1) is 18.1. The van der Waals surface area contributed by atoms with Crippen LogP contribution in [0.2, 0.25) is 5.02 Å². The Kier molecular flexibility index (Phi) is 6.10. The molecule has 0 saturated carbocycles. The van der Waals surface area contributed by atoms with Crippen molar-refractivity contribution in [2.24, 2.45) is 0 Å². The van der Waals surface area contributed by atoms with E-state index in [2.05, 4.69) is 5.32 Å². The lowest BCUT2D eigenvalue weighted by atomic mass is 10.1. The summed E-state index contributed by atoms with van der Waals surface area (Å²) in [7, 11) is 1.55. The quantitative estimate of drug-likeness (QED) is 0.819. The Hall–Kier alpha value is -2.20. The minimum Gasteiger partial charge on any atom is -0.495 e. The van der Waals surface area contributed by atoms with Crippen molar-refractivity contribution >= 4 is 23.2 Å². The van der Waals surface area contributed by atoms with Gasteiger partial charge in [0.2, 0.25) is 0 Å². The predicted octanol–water partition coefficient (Wildman–Crippen LogP) is 4.76. The number of ether oxygens (including phenoxy) is 2. The summed E-state index contributed by atoms with van der Waals surface area (Å²) in [6.45, 7) is 5.96. The summed E-state index contributed by atoms with van der Waals surface area (Å²) < 4.78 is 10.9. The maximum atomic E-state index is 12.5. The molecule has 0 heterocycles. The second kappa shape index (κ2) is 8.06. The number of benzene rings is 2. The molecule has 1 amide bonds. The van der Waals surface area contributed by atoms with Crippen molar-refractivity contribution in [3.05, 3.63) is 52.5 Å². The first-order valence-electron chi connectivity index (χ1n) is 7.83. The molecule has 0 aliphatic carbocycles. The maximum Gasteiger partial charge on any atom is 0.265 e. The zero-order chi connectivity index (χ0) is 17.7. The van der Waals surface area contributed by atoms with Gasteiger partial charge in [-0.25, -0.2) is 0 Å². The summed E-state index contributed by atoms with van der Waals surface area (Å²) in [5.41, 5.74) is 2.92. The number of hydrogen-bond acceptors (Lipinski definition) is 3. The Bertz CT molecular complexity index is 731. The van der Waals surface area contributed by atoms with Crippen LogP contribution in [0.15, 0.2) is 36.4 Å². The highest BCUT2D eigenvalue weighted by molar-refractivity contribution is 6.32. The molecule has 0 bridgehead atoms. The Balaban J connectivity index is 2.08. The van der Waals surface area contributed by atoms with Gasteiger partial charge in [0, 0.05) is 5.69 Å². The van der Waals surface area contributed by atoms with E-state index in [0.717, 1.165) is 5.56 Å². The van der Waals surface area contributed by atoms with Crippen molar-refractivity contribution in [3.8, 4) is 11.5 Å². The van der Waals surface area contributed by atoms with Crippen molar-refractivity contribution in [1.82, 2.24) is 0 Å². The second-order valence-electron chi connectivity index (χ2n) is 5.60. The topological polar surface area (TPSA) is 47.6 Å². The summed E-state index contributed by atoms with van der Waals surface area (Å²) in [6.07, 6.45) is -0.0178. The molecule has 24 heavy (non-hydrogen) atoms. The number of carbonyl (C=O) groups is 1. The first-order chi connectivity index (χ1) is 11.4. The van der Waals surface area contributed by atoms with Crippen molar-refractivity contribution < 1.29 is 14.3 Å². The van der Waals surface area contributed by atoms with E-state index in [9.17, 15) is 4.79 Å². The SMILES string of the molecule is CC[C@H](Oc1ccc(C)c(C)c1)C(=O)Nc1ccc(OC)c(Cl)c1. The van der Waals surface area contributed by atoms with Crippen LogP contribution in [0.1, 0.15) is 24.5 Å². The van der Waals surface area contributed by atoms with Crippen LogP contribution in [0.5, 0.6) is 11.5 Å². The van der Waals surface area contributed by atoms with Gasteiger partial charge in [-0.15, -0.1) is 0 Å². The molecule has 0 spiro atoms. The number of amides is 1. The molecule has 0 aromatic heterocycles. The Morgan fingerprint density at radius 3 is 2.50 bits per heavy atom. The fourth-order valence-electron chi connectivity index (χ4n) is 2.24. The van der Waals surface area contributed by atoms with Gasteiger partial charge in [0.15, 0.2) is 6.10 Å². The lowest BCUT2D eigenvalue weighted by molar-refractivity contribution is -0.122. The molecule has 0 aliphatic heterocycles. The van der Waals surface area contributed by atoms with Crippen LogP contribution in [0.25, 0.3) is 0 Å². The van der Waals surface area contributed by atoms with Crippen LogP contribution in [0.3, 0.4) is 0 Å². The van der Waals surface area contributed by atoms with Crippen LogP contribution in [0, 0.1) is 13.8 Å². The van der Waals surface area contributed by atoms with Crippen LogP contribution >= 0.6 is 11.6 Å². The summed E-state index contributed by atoms with van der Waals surface area (Å²) in [5, 5.41) is 3.27. The van der Waals surface area contributed by atoms with Gasteiger partial charge >= 0.3 is 0 Å². The smallest absolute Gasteiger partial charge is 0.265 e. The van der Waals surface area contributed by atoms with Gasteiger partial charge < -0.3 is 14.8 Å². The molecule has 128 valence electrons. The molecular weight excluding hydrogens is 326 g/mol. The third-order valence-corrected chi connectivity index (χ3v) is 4.13. The third-order valence-electron chi connectivity index (χ3n) is 3.84. The van der Waals surface area contributed by atoms with Gasteiger partial charge in [0.1, 0.15) is 11.5 Å². The number of rotatable bonds is 6. The zero-order valence-electron chi connectivity index (χ0n) is 14.4. The number of carbonyl (C=O) groups excluding carboxylic acids is 1. The second-order valence-corrected chi connectivity index (χ2v) is 6.01. The largest absolute Gasteiger partial charge is 0.495 e. The highest BCUT2D eigenvalue weighted by Gasteiger charge is 2.19. The molecule has 0 radical (unpaired) electrons. The van der Waals surface area contributed by atoms with E-state index < -0.39 is 6.10 Å². The lowest BCUT2D eigenvalue weighted by Crippen LogP contribution is -2.32. The van der Waals surface area contributed by atoms with Crippen molar-refractivity contribution in [1.29, 1.82) is 0 Å². The van der Waals surface area contributed by atoms with Gasteiger partial charge in [-0.1, -0.05) is 24.6 Å². The van der Waals surface area contributed by atoms with E-state index in [1.807, 2.05) is 39.0 Å². The number of nitrogens with one attached hydrogen (secondary N) is 1. The van der Waals surface area contributed by atoms with E-state index in [1.165, 1.54) is 5.56 Å². The molecule has 4 nitrogen and oxygen atoms in total. The fourth-order valence-corrected chi connectivity index (χ4v) is 2.50. The number of methoxy groups -OCH3 is 1. The highest BCUT2D eigenvalue weighted by Crippen LogP contribution is 2.27. The predicted molar refractivity (Wildman–Crippen MR) is 97.3 cm³/mol. The molecule has 0 fully saturated rings. The molecular formula is C19H22ClNO3. The maximum absolute atomic E-state index is 12.5. The zero-order valence-corrected chi connectivity index (χ0v) is 15.1. The lowest BCUT2D eigenvalue weighted by Gasteiger charge is -2.18. The van der Waals surface area contributed by atoms with E-state index in [1.54, 1.807) is 25.3 Å². The molecule has 0 aliphatic rings. The molecule has 2 rings (SSSR count). The number of halogens is 1. The minimum absolute atomic E-state index is 0.211. The summed E-state index contributed by atoms with van der Waals surface area (Å²) >= 11 is 6.08. The van der Waals surface area contributed by atoms with Crippen LogP contribution < -0.4 is 14.8 Å². The summed E-state index contributed by atoms with van der Waals surface area (Å²) in [6, 6.07) is 10.9. The number of anilines is 1. The van der Waals surface area contributed by atoms with E-state index in [-0.39, 0.29) is 5.91 Å². The molecule has 2 aromatic rings. The highest BCUT2D eigenvalue weighted by atomic mass is 35.5. The van der Waals surface area contributed by atoms with Gasteiger partial charge in [0.25, 0.3) is 5.91 Å². The van der Waals surface area contributed by atoms with Crippen molar-refractivity contribution in [2.45, 2.75) is 33.3 Å². The van der Waals surface area contributed by atoms with Crippen molar-refractivity contribution in [2.75, 3.05) is 12.4 Å². The van der Waals surface area contributed by atoms with Gasteiger partial charge in [-0.3, -0.25) is 4.79 Å². The third kappa shape index (κ3) is 4.42. The van der Waals surface area contributed by atoms with Gasteiger partial charge in [-0.2, -0.15) is 0 Å². The van der Waals surface area contributed by atoms with E-state index in [0.29, 0.717) is 28.6 Å². The fraction of sp³-hybridized carbons (Fsp3) is 0.316. The van der Waals surface area contributed by atoms with Gasteiger partial charge in [0.05, 0.1) is 12.1 Å². The van der Waals surface area contributed by atoms with E-state index in [4.69, 9.17) is 21.1 Å². The monoisotopic (exact) mass is 347 g/mol. The minimum atomic E-state index is -0.576. The van der Waals surface area contributed by atoms with Crippen molar-refractivity contribution in [3.63, 3.8) is 0 Å². The standard InChI is InChI=1S/C19H22ClNO3/c1-5-17(24-15-8-6-12(2)13(3)10-15)19(22)21-14-7-9-18(23-4)16(20)11-14/h6-11,17H,5H2,1-4H3,(H,21,22)/t17-/m0/s1. The normalized spacial score (nSPS) is 11.7. The average Bonchev–Trinajstić information content (AvgIpc) is 2.56. The molecule has 0 unspecified atom stereocenters. The molecule has 1 atom stereocenters. The number of hydrogen-bond donors (Lipinski definition) is 1. The molecule has 2 aromatic carbocycles. The molecule has 5 heteroatoms. The molecule has 0 saturated heterocycles. The Morgan fingerprint density at radius 2 is 1.92 bits per heavy atom. The Labute approximate surface area is 147 Å². The molecule has 1 N–H and O–H groups in total. The first-order valence-corrected chi connectivity index (χ1v) is 8.20. The van der Waals surface area contributed by atoms with Crippen LogP contribution in [-0.2, 0) is 4.79 Å². The van der Waals surface area contributed by atoms with E-state index >= 15 is 0 Å². The van der Waals surface area contributed by atoms with Gasteiger partial charge in [-0.05, 0) is 61.7 Å². The number of aryl methyl sites for hydroxylation is 2. The Morgan fingerprint density at radius 1 is 1.17 bits per heavy atom. The van der Waals surface area contributed by atoms with Crippen LogP contribution in [-0.4, -0.2) is 19.1 Å². The average molecular weight is 348 g/mol. The summed E-state index contributed by atoms with van der Waals surface area (Å²) in [5.74, 6) is 1.04. The summed E-state index contributed by atoms with van der Waals surface area (Å²) in [4.78, 5) is 12.5.